The number of hydrogen-bond donors (Lipinski definition) is 3. The highest BCUT2D eigenvalue weighted by Crippen LogP contribution is 2.34. The van der Waals surface area contributed by atoms with Gasteiger partial charge in [0.05, 0.1) is 12.7 Å². The predicted molar refractivity (Wildman–Crippen MR) is 158 cm³/mol. The van der Waals surface area contributed by atoms with E-state index < -0.39 is 34.8 Å². The van der Waals surface area contributed by atoms with E-state index in [9.17, 15) is 23.6 Å². The topological polar surface area (TPSA) is 124 Å². The third-order valence-corrected chi connectivity index (χ3v) is 7.91. The van der Waals surface area contributed by atoms with Crippen molar-refractivity contribution < 1.29 is 32.8 Å². The third kappa shape index (κ3) is 7.66. The van der Waals surface area contributed by atoms with E-state index >= 15 is 0 Å². The molecule has 3 aromatic carbocycles. The van der Waals surface area contributed by atoms with Crippen LogP contribution >= 0.6 is 0 Å². The Labute approximate surface area is 241 Å². The predicted octanol–water partition coefficient (Wildman–Crippen LogP) is 6.33. The molecule has 0 aliphatic heterocycles. The molecule has 0 aliphatic rings. The molecule has 1 heterocycles. The van der Waals surface area contributed by atoms with Crippen LogP contribution in [-0.2, 0) is 34.0 Å². The number of anilines is 1. The molecule has 0 bridgehead atoms. The summed E-state index contributed by atoms with van der Waals surface area (Å²) in [4.78, 5) is 22.9. The van der Waals surface area contributed by atoms with E-state index in [2.05, 4.69) is 10.0 Å². The fourth-order valence-electron chi connectivity index (χ4n) is 4.30. The zero-order chi connectivity index (χ0) is 29.7. The van der Waals surface area contributed by atoms with Crippen LogP contribution in [0.1, 0.15) is 50.4 Å². The first-order chi connectivity index (χ1) is 19.4. The summed E-state index contributed by atoms with van der Waals surface area (Å²) in [5.74, 6) is -0.913. The van der Waals surface area contributed by atoms with Gasteiger partial charge in [0, 0.05) is 46.6 Å². The van der Waals surface area contributed by atoms with E-state index in [1.807, 2.05) is 57.2 Å². The Kier molecular flexibility index (Phi) is 9.37. The molecule has 3 N–H and O–H groups in total. The molecule has 0 saturated carbocycles. The van der Waals surface area contributed by atoms with Gasteiger partial charge >= 0.3 is 5.97 Å². The Hall–Kier alpha value is -3.86. The standard InChI is InChI=1S/C31H33FN2O6S/c1-19(35)33-25-9-8-23(15-29(36)37)28(16-25)40-18-20-12-24-10-11-39-30(24)26(13-20)21-6-5-7-22(14-21)27(17-32)34-41(38)31(2,3)4/h5-14,16,27,34H,15,17-18H2,1-4H3,(H,33,35)(H,36,37)/t27-,41+/m0/s1. The van der Waals surface area contributed by atoms with Crippen molar-refractivity contribution in [1.82, 2.24) is 4.72 Å². The molecule has 10 heteroatoms. The number of furan rings is 1. The number of amides is 1. The normalized spacial score (nSPS) is 13.1. The second-order valence-electron chi connectivity index (χ2n) is 10.7. The summed E-state index contributed by atoms with van der Waals surface area (Å²) < 4.78 is 40.9. The van der Waals surface area contributed by atoms with Crippen LogP contribution < -0.4 is 14.8 Å². The van der Waals surface area contributed by atoms with Crippen molar-refractivity contribution in [3.8, 4) is 16.9 Å². The first kappa shape index (κ1) is 30.1. The number of carboxylic acids is 1. The minimum Gasteiger partial charge on any atom is -0.598 e. The van der Waals surface area contributed by atoms with Gasteiger partial charge in [-0.3, -0.25) is 9.59 Å². The van der Waals surface area contributed by atoms with Gasteiger partial charge in [-0.1, -0.05) is 24.3 Å². The smallest absolute Gasteiger partial charge is 0.307 e. The van der Waals surface area contributed by atoms with Crippen molar-refractivity contribution in [2.45, 2.75) is 51.5 Å². The van der Waals surface area contributed by atoms with Gasteiger partial charge in [0.15, 0.2) is 0 Å². The molecule has 1 amide bonds. The minimum atomic E-state index is -1.46. The Balaban J connectivity index is 1.65. The number of carboxylic acid groups (broad SMARTS) is 1. The number of carbonyl (C=O) groups excluding carboxylic acids is 1. The van der Waals surface area contributed by atoms with Crippen molar-refractivity contribution in [3.05, 3.63) is 83.6 Å². The molecule has 0 aliphatic carbocycles. The summed E-state index contributed by atoms with van der Waals surface area (Å²) in [6.07, 6.45) is 1.35. The molecule has 0 radical (unpaired) electrons. The van der Waals surface area contributed by atoms with Crippen LogP contribution in [0.25, 0.3) is 22.1 Å². The van der Waals surface area contributed by atoms with Crippen LogP contribution in [0.3, 0.4) is 0 Å². The van der Waals surface area contributed by atoms with Crippen molar-refractivity contribution in [1.29, 1.82) is 0 Å². The zero-order valence-corrected chi connectivity index (χ0v) is 24.1. The zero-order valence-electron chi connectivity index (χ0n) is 23.3. The highest BCUT2D eigenvalue weighted by Gasteiger charge is 2.30. The highest BCUT2D eigenvalue weighted by molar-refractivity contribution is 7.90. The summed E-state index contributed by atoms with van der Waals surface area (Å²) in [7, 11) is 0. The second kappa shape index (κ2) is 12.8. The maximum Gasteiger partial charge on any atom is 0.307 e. The number of aliphatic carboxylic acids is 1. The Morgan fingerprint density at radius 2 is 1.90 bits per heavy atom. The van der Waals surface area contributed by atoms with Crippen LogP contribution in [0.15, 0.2) is 71.3 Å². The molecule has 1 aromatic heterocycles. The Bertz CT molecular complexity index is 1550. The van der Waals surface area contributed by atoms with Crippen molar-refractivity contribution in [2.24, 2.45) is 0 Å². The Morgan fingerprint density at radius 3 is 2.59 bits per heavy atom. The fraction of sp³-hybridized carbons (Fsp3) is 0.290. The minimum absolute atomic E-state index is 0.114. The summed E-state index contributed by atoms with van der Waals surface area (Å²) in [5.41, 5.74) is 4.60. The maximum atomic E-state index is 14.1. The number of halogens is 1. The molecule has 41 heavy (non-hydrogen) atoms. The second-order valence-corrected chi connectivity index (χ2v) is 12.7. The van der Waals surface area contributed by atoms with Crippen LogP contribution in [-0.4, -0.2) is 33.0 Å². The van der Waals surface area contributed by atoms with Crippen LogP contribution in [0.2, 0.25) is 0 Å². The molecule has 216 valence electrons. The van der Waals surface area contributed by atoms with Gasteiger partial charge < -0.3 is 24.1 Å². The lowest BCUT2D eigenvalue weighted by molar-refractivity contribution is -0.136. The molecule has 4 rings (SSSR count). The molecule has 0 fully saturated rings. The van der Waals surface area contributed by atoms with E-state index in [1.165, 1.54) is 6.92 Å². The van der Waals surface area contributed by atoms with Gasteiger partial charge in [-0.2, -0.15) is 0 Å². The van der Waals surface area contributed by atoms with Crippen LogP contribution in [0, 0.1) is 0 Å². The van der Waals surface area contributed by atoms with Gasteiger partial charge in [0.2, 0.25) is 5.91 Å². The van der Waals surface area contributed by atoms with Gasteiger partial charge in [0.1, 0.15) is 35.4 Å². The van der Waals surface area contributed by atoms with Gasteiger partial charge in [-0.05, 0) is 67.8 Å². The fourth-order valence-corrected chi connectivity index (χ4v) is 5.11. The molecule has 0 saturated heterocycles. The molecule has 4 aromatic rings. The quantitative estimate of drug-likeness (QED) is 0.177. The summed E-state index contributed by atoms with van der Waals surface area (Å²) in [5, 5.41) is 12.9. The highest BCUT2D eigenvalue weighted by atomic mass is 32.2. The summed E-state index contributed by atoms with van der Waals surface area (Å²) in [6.45, 7) is 6.24. The average molecular weight is 581 g/mol. The number of alkyl halides is 1. The van der Waals surface area contributed by atoms with Gasteiger partial charge in [0.25, 0.3) is 0 Å². The largest absolute Gasteiger partial charge is 0.598 e. The number of rotatable bonds is 11. The lowest BCUT2D eigenvalue weighted by atomic mass is 9.97. The van der Waals surface area contributed by atoms with E-state index in [0.717, 1.165) is 22.1 Å². The van der Waals surface area contributed by atoms with Gasteiger partial charge in [-0.15, -0.1) is 4.72 Å². The van der Waals surface area contributed by atoms with E-state index in [4.69, 9.17) is 9.15 Å². The van der Waals surface area contributed by atoms with Gasteiger partial charge in [-0.25, -0.2) is 4.39 Å². The Morgan fingerprint density at radius 1 is 1.12 bits per heavy atom. The van der Waals surface area contributed by atoms with E-state index in [-0.39, 0.29) is 18.9 Å². The van der Waals surface area contributed by atoms with Crippen LogP contribution in [0.4, 0.5) is 10.1 Å². The molecule has 2 atom stereocenters. The number of nitrogens with one attached hydrogen (secondary N) is 2. The molecule has 0 unspecified atom stereocenters. The monoisotopic (exact) mass is 580 g/mol. The lowest BCUT2D eigenvalue weighted by Gasteiger charge is -2.27. The molecule has 0 spiro atoms. The number of benzene rings is 3. The van der Waals surface area contributed by atoms with Crippen LogP contribution in [0.5, 0.6) is 5.75 Å². The van der Waals surface area contributed by atoms with E-state index in [1.54, 1.807) is 30.5 Å². The maximum absolute atomic E-state index is 14.1. The first-order valence-electron chi connectivity index (χ1n) is 13.0. The molecular formula is C31H33FN2O6S. The number of hydrogen-bond acceptors (Lipinski definition) is 6. The molecular weight excluding hydrogens is 547 g/mol. The SMILES string of the molecule is CC(=O)Nc1ccc(CC(=O)O)c(OCc2cc(-c3cccc([C@H](CF)N[S@+]([O-])C(C)(C)C)c3)c3occc3c2)c1. The molecule has 8 nitrogen and oxygen atoms in total. The van der Waals surface area contributed by atoms with Crippen molar-refractivity contribution >= 4 is 39.9 Å². The average Bonchev–Trinajstić information content (AvgIpc) is 3.39. The number of ether oxygens (including phenoxy) is 1. The summed E-state index contributed by atoms with van der Waals surface area (Å²) in [6, 6.07) is 17.1. The first-order valence-corrected chi connectivity index (χ1v) is 14.2. The summed E-state index contributed by atoms with van der Waals surface area (Å²) >= 11 is -1.46. The van der Waals surface area contributed by atoms with Crippen molar-refractivity contribution in [3.63, 3.8) is 0 Å². The number of carbonyl (C=O) groups is 2. The number of fused-ring (bicyclic) bond motifs is 1. The van der Waals surface area contributed by atoms with E-state index in [0.29, 0.717) is 28.1 Å². The van der Waals surface area contributed by atoms with Crippen molar-refractivity contribution in [2.75, 3.05) is 12.0 Å². The lowest BCUT2D eigenvalue weighted by Crippen LogP contribution is -2.41. The third-order valence-electron chi connectivity index (χ3n) is 6.29.